The zero-order valence-corrected chi connectivity index (χ0v) is 21.1. The molecule has 36 heavy (non-hydrogen) atoms. The van der Waals surface area contributed by atoms with Crippen molar-refractivity contribution in [1.29, 1.82) is 0 Å². The highest BCUT2D eigenvalue weighted by Gasteiger charge is 2.59. The summed E-state index contributed by atoms with van der Waals surface area (Å²) in [7, 11) is 0. The number of allylic oxidation sites excluding steroid dienone is 1. The van der Waals surface area contributed by atoms with Crippen LogP contribution in [0.2, 0.25) is 5.02 Å². The standard InChI is InChI=1S/C28H32ClNO6/c1-13-20(31)9-18-6-16-7-19-23(25(33)22(16)27(35)28(18,36)26(13)34)21(32)8-17(24(19)29)12-30-10-14-2-3-15(11-30)5-4-14/h8,14-16,18,32-34,36H,2-7,9-12H2,1H3/t14?,15?,16-,18+,28-/m1/s1. The van der Waals surface area contributed by atoms with Gasteiger partial charge in [-0.15, -0.1) is 0 Å². The Balaban J connectivity index is 1.39. The summed E-state index contributed by atoms with van der Waals surface area (Å²) in [6.45, 7) is 4.03. The topological polar surface area (TPSA) is 118 Å². The fraction of sp³-hybridized carbons (Fsp3) is 0.571. The van der Waals surface area contributed by atoms with Gasteiger partial charge in [-0.1, -0.05) is 11.6 Å². The fourth-order valence-corrected chi connectivity index (χ4v) is 7.79. The lowest BCUT2D eigenvalue weighted by Crippen LogP contribution is -2.57. The number of ketones is 2. The number of aromatic hydroxyl groups is 1. The van der Waals surface area contributed by atoms with Crippen molar-refractivity contribution in [2.45, 2.75) is 64.0 Å². The van der Waals surface area contributed by atoms with E-state index >= 15 is 0 Å². The van der Waals surface area contributed by atoms with Gasteiger partial charge in [0.15, 0.2) is 11.4 Å². The molecule has 2 aliphatic heterocycles. The molecule has 0 spiro atoms. The third kappa shape index (κ3) is 3.39. The second-order valence-corrected chi connectivity index (χ2v) is 12.0. The Labute approximate surface area is 215 Å². The van der Waals surface area contributed by atoms with Crippen LogP contribution in [0.15, 0.2) is 23.0 Å². The van der Waals surface area contributed by atoms with E-state index in [1.807, 2.05) is 0 Å². The van der Waals surface area contributed by atoms with Crippen molar-refractivity contribution in [1.82, 2.24) is 4.90 Å². The summed E-state index contributed by atoms with van der Waals surface area (Å²) >= 11 is 6.90. The normalized spacial score (nSPS) is 34.4. The Bertz CT molecular complexity index is 1230. The molecule has 0 aromatic heterocycles. The molecule has 2 bridgehead atoms. The van der Waals surface area contributed by atoms with Gasteiger partial charge in [-0.05, 0) is 80.4 Å². The molecular weight excluding hydrogens is 482 g/mol. The van der Waals surface area contributed by atoms with Crippen LogP contribution in [-0.4, -0.2) is 55.6 Å². The van der Waals surface area contributed by atoms with Gasteiger partial charge in [0, 0.05) is 48.1 Å². The van der Waals surface area contributed by atoms with Crippen LogP contribution in [0.1, 0.15) is 62.1 Å². The van der Waals surface area contributed by atoms with Gasteiger partial charge in [-0.3, -0.25) is 14.5 Å². The molecule has 2 saturated carbocycles. The average Bonchev–Trinajstić information content (AvgIpc) is 3.15. The van der Waals surface area contributed by atoms with Crippen molar-refractivity contribution in [2.24, 2.45) is 23.7 Å². The van der Waals surface area contributed by atoms with E-state index < -0.39 is 34.7 Å². The molecule has 3 atom stereocenters. The van der Waals surface area contributed by atoms with Crippen molar-refractivity contribution >= 4 is 28.9 Å². The first-order valence-corrected chi connectivity index (χ1v) is 13.4. The zero-order valence-electron chi connectivity index (χ0n) is 20.4. The minimum Gasteiger partial charge on any atom is -0.508 e. The van der Waals surface area contributed by atoms with Crippen molar-refractivity contribution in [3.8, 4) is 5.75 Å². The minimum atomic E-state index is -2.25. The number of carbonyl (C=O) groups excluding carboxylic acids is 2. The minimum absolute atomic E-state index is 0.0156. The van der Waals surface area contributed by atoms with Crippen molar-refractivity contribution < 1.29 is 30.0 Å². The highest BCUT2D eigenvalue weighted by atomic mass is 35.5. The molecule has 8 heteroatoms. The van der Waals surface area contributed by atoms with Gasteiger partial charge >= 0.3 is 0 Å². The van der Waals surface area contributed by atoms with Gasteiger partial charge in [-0.2, -0.15) is 0 Å². The van der Waals surface area contributed by atoms with Crippen LogP contribution < -0.4 is 0 Å². The quantitative estimate of drug-likeness (QED) is 0.467. The maximum Gasteiger partial charge on any atom is 0.202 e. The van der Waals surface area contributed by atoms with Gasteiger partial charge in [0.05, 0.1) is 5.56 Å². The predicted molar refractivity (Wildman–Crippen MR) is 134 cm³/mol. The summed E-state index contributed by atoms with van der Waals surface area (Å²) < 4.78 is 0. The number of halogens is 1. The van der Waals surface area contributed by atoms with Crippen LogP contribution >= 0.6 is 11.6 Å². The third-order valence-electron chi connectivity index (χ3n) is 9.48. The Hall–Kier alpha value is -2.35. The summed E-state index contributed by atoms with van der Waals surface area (Å²) in [6.07, 6.45) is 5.55. The molecule has 192 valence electrons. The van der Waals surface area contributed by atoms with E-state index in [1.165, 1.54) is 32.6 Å². The molecule has 1 aromatic carbocycles. The molecule has 7 nitrogen and oxygen atoms in total. The average molecular weight is 514 g/mol. The van der Waals surface area contributed by atoms with E-state index in [9.17, 15) is 30.0 Å². The van der Waals surface area contributed by atoms with E-state index in [0.29, 0.717) is 35.4 Å². The summed E-state index contributed by atoms with van der Waals surface area (Å²) in [6, 6.07) is 1.58. The van der Waals surface area contributed by atoms with Crippen LogP contribution in [0.25, 0.3) is 5.76 Å². The lowest BCUT2D eigenvalue weighted by Gasteiger charge is -2.46. The first kappa shape index (κ1) is 24.0. The van der Waals surface area contributed by atoms with Crippen molar-refractivity contribution in [3.05, 3.63) is 44.7 Å². The van der Waals surface area contributed by atoms with E-state index in [1.54, 1.807) is 6.07 Å². The monoisotopic (exact) mass is 513 g/mol. The molecule has 4 fully saturated rings. The molecule has 2 saturated heterocycles. The second-order valence-electron chi connectivity index (χ2n) is 11.6. The SMILES string of the molecule is CC1=C(O)[C@@]2(O)C(=O)C3=C(O)c4c(O)cc(CN5CC6CCC(CC6)C5)c(Cl)c4C[C@H]3C[C@H]2CC1=O. The van der Waals surface area contributed by atoms with Crippen LogP contribution in [0.3, 0.4) is 0 Å². The van der Waals surface area contributed by atoms with Gasteiger partial charge in [0.2, 0.25) is 5.78 Å². The highest BCUT2D eigenvalue weighted by Crippen LogP contribution is 2.53. The molecule has 0 unspecified atom stereocenters. The molecule has 0 radical (unpaired) electrons. The van der Waals surface area contributed by atoms with E-state index in [0.717, 1.165) is 18.7 Å². The Morgan fingerprint density at radius 2 is 1.69 bits per heavy atom. The smallest absolute Gasteiger partial charge is 0.202 e. The number of hydrogen-bond acceptors (Lipinski definition) is 7. The number of phenols is 1. The van der Waals surface area contributed by atoms with Crippen LogP contribution in [0.5, 0.6) is 5.75 Å². The number of nitrogens with zero attached hydrogens (tertiary/aromatic N) is 1. The molecular formula is C28H32ClNO6. The molecule has 6 aliphatic rings. The Kier molecular flexibility index (Phi) is 5.56. The van der Waals surface area contributed by atoms with Crippen LogP contribution in [-0.2, 0) is 22.6 Å². The highest BCUT2D eigenvalue weighted by molar-refractivity contribution is 6.32. The number of hydrogen-bond donors (Lipinski definition) is 4. The molecule has 7 rings (SSSR count). The van der Waals surface area contributed by atoms with E-state index in [-0.39, 0.29) is 41.1 Å². The van der Waals surface area contributed by atoms with Crippen LogP contribution in [0.4, 0.5) is 0 Å². The third-order valence-corrected chi connectivity index (χ3v) is 9.95. The number of phenolic OH excluding ortho intramolecular Hbond substituents is 1. The van der Waals surface area contributed by atoms with Crippen molar-refractivity contribution in [2.75, 3.05) is 13.1 Å². The number of Topliss-reactive ketones (excluding diaryl/α,β-unsaturated/α-hetero) is 2. The fourth-order valence-electron chi connectivity index (χ4n) is 7.50. The summed E-state index contributed by atoms with van der Waals surface area (Å²) in [4.78, 5) is 28.3. The first-order valence-electron chi connectivity index (χ1n) is 13.0. The predicted octanol–water partition coefficient (Wildman–Crippen LogP) is 4.23. The lowest BCUT2D eigenvalue weighted by molar-refractivity contribution is -0.147. The first-order chi connectivity index (χ1) is 17.1. The van der Waals surface area contributed by atoms with Gasteiger partial charge in [0.1, 0.15) is 17.3 Å². The summed E-state index contributed by atoms with van der Waals surface area (Å²) in [5, 5.41) is 44.6. The number of carbonyl (C=O) groups is 2. The molecule has 4 aliphatic carbocycles. The van der Waals surface area contributed by atoms with Gasteiger partial charge < -0.3 is 20.4 Å². The number of aliphatic hydroxyl groups excluding tert-OH is 2. The number of benzene rings is 1. The summed E-state index contributed by atoms with van der Waals surface area (Å²) in [5.74, 6) is -2.17. The second kappa shape index (κ2) is 8.33. The molecule has 0 amide bonds. The molecule has 2 heterocycles. The van der Waals surface area contributed by atoms with Gasteiger partial charge in [0.25, 0.3) is 0 Å². The Morgan fingerprint density at radius 1 is 1.06 bits per heavy atom. The maximum atomic E-state index is 13.5. The lowest BCUT2D eigenvalue weighted by atomic mass is 9.59. The van der Waals surface area contributed by atoms with Crippen LogP contribution in [0, 0.1) is 23.7 Å². The molecule has 4 N–H and O–H groups in total. The molecule has 1 aromatic rings. The number of aliphatic hydroxyl groups is 3. The zero-order chi connectivity index (χ0) is 25.5. The van der Waals surface area contributed by atoms with E-state index in [4.69, 9.17) is 11.6 Å². The number of rotatable bonds is 2. The van der Waals surface area contributed by atoms with Gasteiger partial charge in [-0.25, -0.2) is 0 Å². The largest absolute Gasteiger partial charge is 0.508 e. The maximum absolute atomic E-state index is 13.5. The Morgan fingerprint density at radius 3 is 2.33 bits per heavy atom. The van der Waals surface area contributed by atoms with E-state index in [2.05, 4.69) is 4.90 Å². The van der Waals surface area contributed by atoms with Crippen molar-refractivity contribution in [3.63, 3.8) is 0 Å². The summed E-state index contributed by atoms with van der Waals surface area (Å²) in [5.41, 5.74) is -0.790. The number of fused-ring (bicyclic) bond motifs is 7.